The van der Waals surface area contributed by atoms with Crippen molar-refractivity contribution >= 4 is 5.97 Å². The molecule has 0 bridgehead atoms. The van der Waals surface area contributed by atoms with E-state index in [2.05, 4.69) is 0 Å². The molecule has 1 aromatic carbocycles. The third-order valence-corrected chi connectivity index (χ3v) is 2.60. The lowest BCUT2D eigenvalue weighted by molar-refractivity contribution is -0.0929. The molecule has 1 heterocycles. The second-order valence-corrected chi connectivity index (χ2v) is 3.72. The van der Waals surface area contributed by atoms with Crippen molar-refractivity contribution in [1.29, 1.82) is 0 Å². The fraction of sp³-hybridized carbons (Fsp3) is 0.417. The smallest absolute Gasteiger partial charge is 0.360 e. The van der Waals surface area contributed by atoms with Crippen LogP contribution in [0.5, 0.6) is 5.75 Å². The molecule has 1 aliphatic heterocycles. The number of ether oxygens (including phenoxy) is 1. The Morgan fingerprint density at radius 1 is 1.25 bits per heavy atom. The van der Waals surface area contributed by atoms with Gasteiger partial charge < -0.3 is 9.57 Å². The molecule has 4 heteroatoms. The molecule has 0 aliphatic carbocycles. The van der Waals surface area contributed by atoms with Crippen LogP contribution in [0.15, 0.2) is 24.3 Å². The van der Waals surface area contributed by atoms with Crippen LogP contribution in [0.4, 0.5) is 0 Å². The van der Waals surface area contributed by atoms with Gasteiger partial charge in [-0.15, -0.1) is 5.06 Å². The predicted octanol–water partition coefficient (Wildman–Crippen LogP) is 1.86. The fourth-order valence-electron chi connectivity index (χ4n) is 1.76. The summed E-state index contributed by atoms with van der Waals surface area (Å²) in [7, 11) is 1.54. The summed E-state index contributed by atoms with van der Waals surface area (Å²) < 4.78 is 5.11. The zero-order chi connectivity index (χ0) is 11.4. The van der Waals surface area contributed by atoms with E-state index in [1.807, 2.05) is 6.07 Å². The summed E-state index contributed by atoms with van der Waals surface area (Å²) >= 11 is 0. The van der Waals surface area contributed by atoms with E-state index in [1.54, 1.807) is 30.4 Å². The van der Waals surface area contributed by atoms with E-state index < -0.39 is 0 Å². The lowest BCUT2D eigenvalue weighted by Crippen LogP contribution is -2.24. The van der Waals surface area contributed by atoms with E-state index in [0.29, 0.717) is 11.3 Å². The first-order chi connectivity index (χ1) is 7.81. The van der Waals surface area contributed by atoms with Crippen LogP contribution in [-0.4, -0.2) is 31.2 Å². The minimum atomic E-state index is -0.348. The molecule has 0 radical (unpaired) electrons. The van der Waals surface area contributed by atoms with Gasteiger partial charge >= 0.3 is 5.97 Å². The van der Waals surface area contributed by atoms with Crippen LogP contribution in [0, 0.1) is 0 Å². The second-order valence-electron chi connectivity index (χ2n) is 3.72. The Balaban J connectivity index is 2.07. The van der Waals surface area contributed by atoms with Crippen molar-refractivity contribution in [2.45, 2.75) is 12.8 Å². The maximum Gasteiger partial charge on any atom is 0.360 e. The summed E-state index contributed by atoms with van der Waals surface area (Å²) in [6, 6.07) is 7.08. The van der Waals surface area contributed by atoms with Crippen LogP contribution in [-0.2, 0) is 4.84 Å². The fourth-order valence-corrected chi connectivity index (χ4v) is 1.76. The largest absolute Gasteiger partial charge is 0.496 e. The molecule has 0 unspecified atom stereocenters. The molecule has 0 N–H and O–H groups in total. The molecule has 1 aliphatic rings. The van der Waals surface area contributed by atoms with E-state index in [1.165, 1.54) is 0 Å². The number of carbonyl (C=O) groups excluding carboxylic acids is 1. The number of para-hydroxylation sites is 1. The number of hydrogen-bond donors (Lipinski definition) is 0. The highest BCUT2D eigenvalue weighted by molar-refractivity contribution is 5.92. The van der Waals surface area contributed by atoms with Gasteiger partial charge in [-0.2, -0.15) is 0 Å². The summed E-state index contributed by atoms with van der Waals surface area (Å²) in [6.45, 7) is 1.64. The third-order valence-electron chi connectivity index (χ3n) is 2.60. The molecule has 2 rings (SSSR count). The second kappa shape index (κ2) is 4.99. The first kappa shape index (κ1) is 11.0. The number of hydrogen-bond acceptors (Lipinski definition) is 4. The van der Waals surface area contributed by atoms with Crippen LogP contribution in [0.1, 0.15) is 23.2 Å². The van der Waals surface area contributed by atoms with Crippen LogP contribution in [0.2, 0.25) is 0 Å². The van der Waals surface area contributed by atoms with E-state index in [-0.39, 0.29) is 5.97 Å². The quantitative estimate of drug-likeness (QED) is 0.781. The number of carbonyl (C=O) groups is 1. The number of nitrogens with zero attached hydrogens (tertiary/aromatic N) is 1. The van der Waals surface area contributed by atoms with E-state index >= 15 is 0 Å². The summed E-state index contributed by atoms with van der Waals surface area (Å²) in [5.41, 5.74) is 0.469. The van der Waals surface area contributed by atoms with Crippen molar-refractivity contribution < 1.29 is 14.4 Å². The highest BCUT2D eigenvalue weighted by atomic mass is 16.7. The van der Waals surface area contributed by atoms with Crippen LogP contribution < -0.4 is 4.74 Å². The van der Waals surface area contributed by atoms with Gasteiger partial charge in [-0.05, 0) is 25.0 Å². The Morgan fingerprint density at radius 2 is 1.94 bits per heavy atom. The summed E-state index contributed by atoms with van der Waals surface area (Å²) in [4.78, 5) is 17.1. The van der Waals surface area contributed by atoms with Crippen LogP contribution >= 0.6 is 0 Å². The van der Waals surface area contributed by atoms with E-state index in [0.717, 1.165) is 25.9 Å². The Hall–Kier alpha value is -1.55. The monoisotopic (exact) mass is 221 g/mol. The van der Waals surface area contributed by atoms with Crippen molar-refractivity contribution in [1.82, 2.24) is 5.06 Å². The number of methoxy groups -OCH3 is 1. The molecule has 0 atom stereocenters. The van der Waals surface area contributed by atoms with Crippen molar-refractivity contribution in [3.05, 3.63) is 29.8 Å². The highest BCUT2D eigenvalue weighted by Gasteiger charge is 2.19. The van der Waals surface area contributed by atoms with E-state index in [4.69, 9.17) is 9.57 Å². The Kier molecular flexibility index (Phi) is 3.41. The van der Waals surface area contributed by atoms with Gasteiger partial charge in [0.25, 0.3) is 0 Å². The molecule has 16 heavy (non-hydrogen) atoms. The Bertz CT molecular complexity index is 372. The molecule has 4 nitrogen and oxygen atoms in total. The molecule has 0 spiro atoms. The van der Waals surface area contributed by atoms with Gasteiger partial charge in [0.2, 0.25) is 0 Å². The van der Waals surface area contributed by atoms with Gasteiger partial charge in [-0.3, -0.25) is 0 Å². The van der Waals surface area contributed by atoms with Gasteiger partial charge in [-0.25, -0.2) is 4.79 Å². The molecule has 0 amide bonds. The maximum atomic E-state index is 11.8. The molecule has 0 saturated carbocycles. The van der Waals surface area contributed by atoms with E-state index in [9.17, 15) is 4.79 Å². The van der Waals surface area contributed by atoms with Gasteiger partial charge in [0, 0.05) is 13.1 Å². The third kappa shape index (κ3) is 2.33. The van der Waals surface area contributed by atoms with Crippen molar-refractivity contribution in [2.75, 3.05) is 20.2 Å². The average molecular weight is 221 g/mol. The van der Waals surface area contributed by atoms with Gasteiger partial charge in [-0.1, -0.05) is 12.1 Å². The lowest BCUT2D eigenvalue weighted by atomic mass is 10.2. The van der Waals surface area contributed by atoms with Gasteiger partial charge in [0.1, 0.15) is 11.3 Å². The molecular weight excluding hydrogens is 206 g/mol. The Morgan fingerprint density at radius 3 is 2.62 bits per heavy atom. The minimum absolute atomic E-state index is 0.348. The first-order valence-corrected chi connectivity index (χ1v) is 5.41. The minimum Gasteiger partial charge on any atom is -0.496 e. The lowest BCUT2D eigenvalue weighted by Gasteiger charge is -2.15. The maximum absolute atomic E-state index is 11.8. The van der Waals surface area contributed by atoms with Gasteiger partial charge in [0.05, 0.1) is 7.11 Å². The van der Waals surface area contributed by atoms with Crippen molar-refractivity contribution in [3.8, 4) is 5.75 Å². The predicted molar refractivity (Wildman–Crippen MR) is 59.2 cm³/mol. The normalized spacial score (nSPS) is 16.1. The summed E-state index contributed by atoms with van der Waals surface area (Å²) in [6.07, 6.45) is 2.17. The van der Waals surface area contributed by atoms with Crippen LogP contribution in [0.25, 0.3) is 0 Å². The summed E-state index contributed by atoms with van der Waals surface area (Å²) in [5.74, 6) is 0.200. The Labute approximate surface area is 94.7 Å². The molecule has 86 valence electrons. The van der Waals surface area contributed by atoms with Crippen molar-refractivity contribution in [3.63, 3.8) is 0 Å². The van der Waals surface area contributed by atoms with Crippen molar-refractivity contribution in [2.24, 2.45) is 0 Å². The number of benzene rings is 1. The molecule has 1 saturated heterocycles. The standard InChI is InChI=1S/C12H15NO3/c1-15-11-7-3-2-6-10(11)12(14)16-13-8-4-5-9-13/h2-3,6-7H,4-5,8-9H2,1H3. The molecular formula is C12H15NO3. The number of rotatable bonds is 3. The zero-order valence-corrected chi connectivity index (χ0v) is 9.31. The topological polar surface area (TPSA) is 38.8 Å². The number of hydroxylamine groups is 2. The highest BCUT2D eigenvalue weighted by Crippen LogP contribution is 2.19. The average Bonchev–Trinajstić information content (AvgIpc) is 2.81. The summed E-state index contributed by atoms with van der Waals surface area (Å²) in [5, 5.41) is 1.70. The first-order valence-electron chi connectivity index (χ1n) is 5.41. The zero-order valence-electron chi connectivity index (χ0n) is 9.31. The molecule has 1 fully saturated rings. The molecule has 1 aromatic rings. The van der Waals surface area contributed by atoms with Gasteiger partial charge in [0.15, 0.2) is 0 Å². The van der Waals surface area contributed by atoms with Crippen LogP contribution in [0.3, 0.4) is 0 Å². The SMILES string of the molecule is COc1ccccc1C(=O)ON1CCCC1. The molecule has 0 aromatic heterocycles.